The smallest absolute Gasteiger partial charge is 0.220 e. The number of carbonyl (C=O) groups is 1. The first-order valence-corrected chi connectivity index (χ1v) is 13.0. The molecule has 0 spiro atoms. The second kappa shape index (κ2) is 11.8. The van der Waals surface area contributed by atoms with Crippen LogP contribution in [-0.4, -0.2) is 22.6 Å². The van der Waals surface area contributed by atoms with Crippen LogP contribution in [-0.2, 0) is 17.9 Å². The molecule has 0 aliphatic heterocycles. The summed E-state index contributed by atoms with van der Waals surface area (Å²) in [6.45, 7) is 3.46. The average Bonchev–Trinajstić information content (AvgIpc) is 3.34. The van der Waals surface area contributed by atoms with E-state index in [4.69, 9.17) is 4.74 Å². The van der Waals surface area contributed by atoms with Gasteiger partial charge in [-0.1, -0.05) is 67.6 Å². The molecular weight excluding hydrogens is 470 g/mol. The summed E-state index contributed by atoms with van der Waals surface area (Å²) < 4.78 is 7.63. The van der Waals surface area contributed by atoms with Crippen molar-refractivity contribution in [3.8, 4) is 5.75 Å². The molecule has 1 amide bonds. The fourth-order valence-corrected chi connectivity index (χ4v) is 5.15. The molecule has 192 valence electrons. The first-order chi connectivity index (χ1) is 18.6. The van der Waals surface area contributed by atoms with Crippen molar-refractivity contribution in [3.63, 3.8) is 0 Å². The number of nitrogens with one attached hydrogen (secondary N) is 1. The van der Waals surface area contributed by atoms with Crippen LogP contribution >= 0.6 is 0 Å². The molecule has 0 aliphatic carbocycles. The molecule has 0 fully saturated rings. The maximum absolute atomic E-state index is 13.3. The summed E-state index contributed by atoms with van der Waals surface area (Å²) in [4.78, 5) is 17.4. The number of carbonyl (C=O) groups excluding carboxylic acids is 1. The molecule has 0 bridgehead atoms. The van der Waals surface area contributed by atoms with Gasteiger partial charge in [0.05, 0.1) is 7.11 Å². The molecule has 5 heteroatoms. The van der Waals surface area contributed by atoms with Crippen molar-refractivity contribution >= 4 is 16.8 Å². The van der Waals surface area contributed by atoms with Gasteiger partial charge in [-0.15, -0.1) is 0 Å². The molecule has 5 aromatic rings. The van der Waals surface area contributed by atoms with Gasteiger partial charge in [-0.25, -0.2) is 0 Å². The third-order valence-corrected chi connectivity index (χ3v) is 7.30. The molecule has 0 aliphatic rings. The Bertz CT molecular complexity index is 1480. The van der Waals surface area contributed by atoms with Crippen molar-refractivity contribution in [2.45, 2.75) is 38.3 Å². The second-order valence-corrected chi connectivity index (χ2v) is 9.72. The number of fused-ring (bicyclic) bond motifs is 1. The van der Waals surface area contributed by atoms with Crippen LogP contribution in [0.25, 0.3) is 10.9 Å². The van der Waals surface area contributed by atoms with Gasteiger partial charge in [-0.2, -0.15) is 0 Å². The van der Waals surface area contributed by atoms with Crippen molar-refractivity contribution in [2.24, 2.45) is 0 Å². The van der Waals surface area contributed by atoms with E-state index in [1.165, 1.54) is 27.6 Å². The third kappa shape index (κ3) is 5.78. The summed E-state index contributed by atoms with van der Waals surface area (Å²) in [6.07, 6.45) is 6.14. The van der Waals surface area contributed by atoms with Crippen LogP contribution in [0.5, 0.6) is 5.75 Å². The Morgan fingerprint density at radius 1 is 0.895 bits per heavy atom. The third-order valence-electron chi connectivity index (χ3n) is 7.30. The monoisotopic (exact) mass is 503 g/mol. The number of hydrogen-bond donors (Lipinski definition) is 1. The zero-order chi connectivity index (χ0) is 26.3. The van der Waals surface area contributed by atoms with E-state index in [0.29, 0.717) is 13.0 Å². The van der Waals surface area contributed by atoms with Gasteiger partial charge in [0.25, 0.3) is 0 Å². The molecule has 0 saturated carbocycles. The minimum absolute atomic E-state index is 0.0110. The number of hydrogen-bond acceptors (Lipinski definition) is 3. The van der Waals surface area contributed by atoms with Crippen LogP contribution in [0.2, 0.25) is 0 Å². The Hall–Kier alpha value is -4.38. The van der Waals surface area contributed by atoms with Gasteiger partial charge >= 0.3 is 0 Å². The summed E-state index contributed by atoms with van der Waals surface area (Å²) in [6, 6.07) is 31.0. The number of pyridine rings is 1. The summed E-state index contributed by atoms with van der Waals surface area (Å²) >= 11 is 0. The quantitative estimate of drug-likeness (QED) is 0.231. The number of ether oxygens (including phenoxy) is 1. The molecule has 1 N–H and O–H groups in total. The van der Waals surface area contributed by atoms with Gasteiger partial charge in [-0.3, -0.25) is 9.78 Å². The van der Waals surface area contributed by atoms with Gasteiger partial charge in [0.15, 0.2) is 0 Å². The van der Waals surface area contributed by atoms with E-state index in [2.05, 4.69) is 88.7 Å². The van der Waals surface area contributed by atoms with Crippen LogP contribution in [0.1, 0.15) is 47.4 Å². The van der Waals surface area contributed by atoms with E-state index < -0.39 is 0 Å². The molecular formula is C33H33N3O2. The summed E-state index contributed by atoms with van der Waals surface area (Å²) in [5, 5.41) is 4.32. The van der Waals surface area contributed by atoms with Gasteiger partial charge in [0.1, 0.15) is 5.75 Å². The first-order valence-electron chi connectivity index (χ1n) is 13.0. The molecule has 0 saturated heterocycles. The standard InChI is InChI=1S/C33H33N3O2/c1-24(27-8-4-3-5-9-27)30(20-33(37)35-21-25-16-18-34-19-17-25)31-23-36(32-11-7-6-10-29(31)32)22-26-12-14-28(38-2)15-13-26/h3-19,23-24,30H,20-22H2,1-2H3,(H,35,37). The maximum atomic E-state index is 13.3. The molecule has 5 rings (SSSR count). The topological polar surface area (TPSA) is 56.1 Å². The molecule has 2 atom stereocenters. The minimum Gasteiger partial charge on any atom is -0.497 e. The Morgan fingerprint density at radius 2 is 1.61 bits per heavy atom. The van der Waals surface area contributed by atoms with Gasteiger partial charge in [-0.05, 0) is 58.5 Å². The lowest BCUT2D eigenvalue weighted by Gasteiger charge is -2.24. The fourth-order valence-electron chi connectivity index (χ4n) is 5.15. The molecule has 2 unspecified atom stereocenters. The van der Waals surface area contributed by atoms with Crippen molar-refractivity contribution in [3.05, 3.63) is 132 Å². The molecule has 2 aromatic heterocycles. The highest BCUT2D eigenvalue weighted by Gasteiger charge is 2.27. The second-order valence-electron chi connectivity index (χ2n) is 9.72. The van der Waals surface area contributed by atoms with Crippen molar-refractivity contribution in [1.82, 2.24) is 14.9 Å². The lowest BCUT2D eigenvalue weighted by molar-refractivity contribution is -0.121. The maximum Gasteiger partial charge on any atom is 0.220 e. The van der Waals surface area contributed by atoms with Gasteiger partial charge < -0.3 is 14.6 Å². The predicted molar refractivity (Wildman–Crippen MR) is 152 cm³/mol. The van der Waals surface area contributed by atoms with Crippen molar-refractivity contribution in [2.75, 3.05) is 7.11 Å². The number of amides is 1. The Balaban J connectivity index is 1.48. The van der Waals surface area contributed by atoms with Crippen molar-refractivity contribution in [1.29, 1.82) is 0 Å². The zero-order valence-corrected chi connectivity index (χ0v) is 21.9. The number of nitrogens with zero attached hydrogens (tertiary/aromatic N) is 2. The first kappa shape index (κ1) is 25.3. The Labute approximate surface area is 224 Å². The summed E-state index contributed by atoms with van der Waals surface area (Å²) in [5.41, 5.74) is 5.83. The van der Waals surface area contributed by atoms with Crippen molar-refractivity contribution < 1.29 is 9.53 Å². The minimum atomic E-state index is 0.0110. The predicted octanol–water partition coefficient (Wildman–Crippen LogP) is 6.69. The summed E-state index contributed by atoms with van der Waals surface area (Å²) in [5.74, 6) is 1.06. The largest absolute Gasteiger partial charge is 0.497 e. The van der Waals surface area contributed by atoms with E-state index in [9.17, 15) is 4.79 Å². The van der Waals surface area contributed by atoms with Crippen LogP contribution in [0.15, 0.2) is 110 Å². The number of aromatic nitrogens is 2. The van der Waals surface area contributed by atoms with E-state index in [0.717, 1.165) is 17.9 Å². The highest BCUT2D eigenvalue weighted by molar-refractivity contribution is 5.86. The Morgan fingerprint density at radius 3 is 2.34 bits per heavy atom. The molecule has 38 heavy (non-hydrogen) atoms. The van der Waals surface area contributed by atoms with Gasteiger partial charge in [0, 0.05) is 54.9 Å². The molecule has 5 nitrogen and oxygen atoms in total. The van der Waals surface area contributed by atoms with Gasteiger partial charge in [0.2, 0.25) is 5.91 Å². The molecule has 2 heterocycles. The summed E-state index contributed by atoms with van der Waals surface area (Å²) in [7, 11) is 1.68. The van der Waals surface area contributed by atoms with Crippen LogP contribution < -0.4 is 10.1 Å². The molecule has 0 radical (unpaired) electrons. The normalized spacial score (nSPS) is 12.7. The zero-order valence-electron chi connectivity index (χ0n) is 21.9. The van der Waals surface area contributed by atoms with Crippen LogP contribution in [0.3, 0.4) is 0 Å². The number of para-hydroxylation sites is 1. The number of rotatable bonds is 10. The van der Waals surface area contributed by atoms with Crippen LogP contribution in [0, 0.1) is 0 Å². The van der Waals surface area contributed by atoms with Crippen LogP contribution in [0.4, 0.5) is 0 Å². The highest BCUT2D eigenvalue weighted by atomic mass is 16.5. The highest BCUT2D eigenvalue weighted by Crippen LogP contribution is 2.40. The number of benzene rings is 3. The molecule has 3 aromatic carbocycles. The average molecular weight is 504 g/mol. The van der Waals surface area contributed by atoms with E-state index >= 15 is 0 Å². The van der Waals surface area contributed by atoms with E-state index in [1.54, 1.807) is 19.5 Å². The fraction of sp³-hybridized carbons (Fsp3) is 0.212. The van der Waals surface area contributed by atoms with E-state index in [1.807, 2.05) is 30.3 Å². The SMILES string of the molecule is COc1ccc(Cn2cc(C(CC(=O)NCc3ccncc3)C(C)c3ccccc3)c3ccccc32)cc1. The lowest BCUT2D eigenvalue weighted by Crippen LogP contribution is -2.26. The lowest BCUT2D eigenvalue weighted by atomic mass is 9.80. The van der Waals surface area contributed by atoms with E-state index in [-0.39, 0.29) is 17.7 Å². The number of methoxy groups -OCH3 is 1. The Kier molecular flexibility index (Phi) is 7.84.